The maximum atomic E-state index is 12.3. The van der Waals surface area contributed by atoms with Crippen molar-refractivity contribution in [2.75, 3.05) is 18.4 Å². The number of carbonyl (C=O) groups is 1. The third-order valence-electron chi connectivity index (χ3n) is 4.27. The second-order valence-electron chi connectivity index (χ2n) is 6.18. The Labute approximate surface area is 161 Å². The molecule has 2 N–H and O–H groups in total. The van der Waals surface area contributed by atoms with Gasteiger partial charge in [0, 0.05) is 36.9 Å². The van der Waals surface area contributed by atoms with Crippen molar-refractivity contribution in [1.82, 2.24) is 29.8 Å². The Morgan fingerprint density at radius 1 is 1.07 bits per heavy atom. The number of nitrogens with zero attached hydrogens (tertiary/aromatic N) is 5. The molecular formula is C20H19N7O. The van der Waals surface area contributed by atoms with Crippen LogP contribution >= 0.6 is 0 Å². The van der Waals surface area contributed by atoms with Crippen LogP contribution in [0.5, 0.6) is 0 Å². The highest BCUT2D eigenvalue weighted by molar-refractivity contribution is 5.94. The molecule has 0 saturated heterocycles. The molecule has 0 bridgehead atoms. The Bertz CT molecular complexity index is 1120. The lowest BCUT2D eigenvalue weighted by Gasteiger charge is -2.09. The molecule has 0 aliphatic rings. The summed E-state index contributed by atoms with van der Waals surface area (Å²) in [6, 6.07) is 13.2. The lowest BCUT2D eigenvalue weighted by Crippen LogP contribution is -2.29. The number of pyridine rings is 1. The van der Waals surface area contributed by atoms with Crippen molar-refractivity contribution < 1.29 is 4.79 Å². The van der Waals surface area contributed by atoms with E-state index in [0.29, 0.717) is 24.6 Å². The fraction of sp³-hybridized carbons (Fsp3) is 0.150. The maximum Gasteiger partial charge on any atom is 0.269 e. The highest BCUT2D eigenvalue weighted by Crippen LogP contribution is 2.12. The number of imidazole rings is 1. The number of nitrogens with one attached hydrogen (secondary N) is 2. The quantitative estimate of drug-likeness (QED) is 0.504. The molecular weight excluding hydrogens is 354 g/mol. The normalized spacial score (nSPS) is 10.8. The second-order valence-corrected chi connectivity index (χ2v) is 6.18. The molecule has 1 aromatic carbocycles. The average Bonchev–Trinajstić information content (AvgIpc) is 3.17. The highest BCUT2D eigenvalue weighted by atomic mass is 16.1. The molecule has 8 heteroatoms. The van der Waals surface area contributed by atoms with Gasteiger partial charge in [-0.15, -0.1) is 0 Å². The van der Waals surface area contributed by atoms with E-state index in [1.165, 1.54) is 6.33 Å². The van der Waals surface area contributed by atoms with E-state index in [2.05, 4.69) is 30.6 Å². The van der Waals surface area contributed by atoms with Crippen molar-refractivity contribution in [2.24, 2.45) is 0 Å². The Kier molecular flexibility index (Phi) is 4.92. The molecule has 0 saturated carbocycles. The van der Waals surface area contributed by atoms with Gasteiger partial charge in [0.2, 0.25) is 0 Å². The summed E-state index contributed by atoms with van der Waals surface area (Å²) in [6.07, 6.45) is 5.06. The third kappa shape index (κ3) is 3.80. The SMILES string of the molecule is Cc1nccn1-c1cc(NCCNC(=O)c2ccc3ccccc3n2)ncn1. The summed E-state index contributed by atoms with van der Waals surface area (Å²) in [7, 11) is 0. The number of aromatic nitrogens is 5. The topological polar surface area (TPSA) is 97.6 Å². The molecule has 0 spiro atoms. The standard InChI is InChI=1S/C20H19N7O/c1-14-21-10-11-27(14)19-12-18(24-13-25-19)22-8-9-23-20(28)17-7-6-15-4-2-3-5-16(15)26-17/h2-7,10-13H,8-9H2,1H3,(H,23,28)(H,22,24,25). The van der Waals surface area contributed by atoms with Crippen LogP contribution in [0.25, 0.3) is 16.7 Å². The number of fused-ring (bicyclic) bond motifs is 1. The van der Waals surface area contributed by atoms with E-state index in [1.54, 1.807) is 12.3 Å². The van der Waals surface area contributed by atoms with Crippen LogP contribution in [0.4, 0.5) is 5.82 Å². The van der Waals surface area contributed by atoms with Gasteiger partial charge in [0.05, 0.1) is 5.52 Å². The molecule has 0 atom stereocenters. The zero-order chi connectivity index (χ0) is 19.3. The minimum absolute atomic E-state index is 0.204. The largest absolute Gasteiger partial charge is 0.368 e. The summed E-state index contributed by atoms with van der Waals surface area (Å²) < 4.78 is 1.88. The van der Waals surface area contributed by atoms with Crippen molar-refractivity contribution in [3.05, 3.63) is 72.7 Å². The summed E-state index contributed by atoms with van der Waals surface area (Å²) in [5.41, 5.74) is 1.20. The molecule has 8 nitrogen and oxygen atoms in total. The molecule has 3 aromatic heterocycles. The van der Waals surface area contributed by atoms with E-state index in [1.807, 2.05) is 54.1 Å². The molecule has 0 radical (unpaired) electrons. The molecule has 3 heterocycles. The van der Waals surface area contributed by atoms with Crippen molar-refractivity contribution in [2.45, 2.75) is 6.92 Å². The summed E-state index contributed by atoms with van der Waals surface area (Å²) in [5, 5.41) is 7.05. The minimum Gasteiger partial charge on any atom is -0.368 e. The predicted octanol–water partition coefficient (Wildman–Crippen LogP) is 2.36. The van der Waals surface area contributed by atoms with Crippen LogP contribution < -0.4 is 10.6 Å². The number of carbonyl (C=O) groups excluding carboxylic acids is 1. The van der Waals surface area contributed by atoms with Crippen LogP contribution in [-0.4, -0.2) is 43.5 Å². The number of anilines is 1. The van der Waals surface area contributed by atoms with Crippen molar-refractivity contribution in [3.63, 3.8) is 0 Å². The van der Waals surface area contributed by atoms with Crippen LogP contribution in [0.15, 0.2) is 61.2 Å². The minimum atomic E-state index is -0.204. The van der Waals surface area contributed by atoms with Crippen LogP contribution in [0.3, 0.4) is 0 Å². The fourth-order valence-corrected chi connectivity index (χ4v) is 2.85. The van der Waals surface area contributed by atoms with Crippen LogP contribution in [0.1, 0.15) is 16.3 Å². The van der Waals surface area contributed by atoms with Gasteiger partial charge in [0.25, 0.3) is 5.91 Å². The van der Waals surface area contributed by atoms with Crippen LogP contribution in [-0.2, 0) is 0 Å². The Hall–Kier alpha value is -3.81. The van der Waals surface area contributed by atoms with Crippen LogP contribution in [0.2, 0.25) is 0 Å². The van der Waals surface area contributed by atoms with Gasteiger partial charge < -0.3 is 10.6 Å². The van der Waals surface area contributed by atoms with E-state index >= 15 is 0 Å². The van der Waals surface area contributed by atoms with Gasteiger partial charge in [-0.25, -0.2) is 19.9 Å². The second kappa shape index (κ2) is 7.83. The molecule has 0 aliphatic heterocycles. The van der Waals surface area contributed by atoms with E-state index in [4.69, 9.17) is 0 Å². The summed E-state index contributed by atoms with van der Waals surface area (Å²) in [4.78, 5) is 29.4. The maximum absolute atomic E-state index is 12.3. The van der Waals surface area contributed by atoms with Gasteiger partial charge in [-0.2, -0.15) is 0 Å². The number of amides is 1. The molecule has 4 aromatic rings. The first-order valence-corrected chi connectivity index (χ1v) is 8.91. The number of aryl methyl sites for hydroxylation is 1. The van der Waals surface area contributed by atoms with E-state index in [9.17, 15) is 4.79 Å². The van der Waals surface area contributed by atoms with E-state index in [0.717, 1.165) is 22.5 Å². The Balaban J connectivity index is 1.33. The zero-order valence-corrected chi connectivity index (χ0v) is 15.3. The third-order valence-corrected chi connectivity index (χ3v) is 4.27. The first kappa shape index (κ1) is 17.6. The molecule has 0 aliphatic carbocycles. The molecule has 0 fully saturated rings. The van der Waals surface area contributed by atoms with Crippen molar-refractivity contribution >= 4 is 22.6 Å². The van der Waals surface area contributed by atoms with Gasteiger partial charge in [-0.1, -0.05) is 24.3 Å². The van der Waals surface area contributed by atoms with E-state index < -0.39 is 0 Å². The number of rotatable bonds is 6. The highest BCUT2D eigenvalue weighted by Gasteiger charge is 2.08. The van der Waals surface area contributed by atoms with Gasteiger partial charge in [-0.3, -0.25) is 9.36 Å². The molecule has 140 valence electrons. The van der Waals surface area contributed by atoms with Gasteiger partial charge in [0.15, 0.2) is 0 Å². The Morgan fingerprint density at radius 2 is 1.96 bits per heavy atom. The molecule has 0 unspecified atom stereocenters. The fourth-order valence-electron chi connectivity index (χ4n) is 2.85. The first-order valence-electron chi connectivity index (χ1n) is 8.91. The number of hydrogen-bond donors (Lipinski definition) is 2. The monoisotopic (exact) mass is 373 g/mol. The van der Waals surface area contributed by atoms with Crippen molar-refractivity contribution in [3.8, 4) is 5.82 Å². The van der Waals surface area contributed by atoms with E-state index in [-0.39, 0.29) is 5.91 Å². The van der Waals surface area contributed by atoms with Crippen LogP contribution in [0, 0.1) is 6.92 Å². The van der Waals surface area contributed by atoms with Crippen molar-refractivity contribution in [1.29, 1.82) is 0 Å². The Morgan fingerprint density at radius 3 is 2.82 bits per heavy atom. The summed E-state index contributed by atoms with van der Waals surface area (Å²) in [6.45, 7) is 2.88. The predicted molar refractivity (Wildman–Crippen MR) is 106 cm³/mol. The number of benzene rings is 1. The average molecular weight is 373 g/mol. The first-order chi connectivity index (χ1) is 13.7. The smallest absolute Gasteiger partial charge is 0.269 e. The zero-order valence-electron chi connectivity index (χ0n) is 15.3. The van der Waals surface area contributed by atoms with Gasteiger partial charge in [0.1, 0.15) is 29.5 Å². The lowest BCUT2D eigenvalue weighted by molar-refractivity contribution is 0.0950. The lowest BCUT2D eigenvalue weighted by atomic mass is 10.2. The molecule has 4 rings (SSSR count). The van der Waals surface area contributed by atoms with Gasteiger partial charge >= 0.3 is 0 Å². The van der Waals surface area contributed by atoms with Gasteiger partial charge in [-0.05, 0) is 19.1 Å². The summed E-state index contributed by atoms with van der Waals surface area (Å²) >= 11 is 0. The molecule has 28 heavy (non-hydrogen) atoms. The number of hydrogen-bond acceptors (Lipinski definition) is 6. The number of para-hydroxylation sites is 1. The molecule has 1 amide bonds. The summed E-state index contributed by atoms with van der Waals surface area (Å²) in [5.74, 6) is 2.05.